The Labute approximate surface area is 212 Å². The van der Waals surface area contributed by atoms with Crippen molar-refractivity contribution >= 4 is 46.2 Å². The summed E-state index contributed by atoms with van der Waals surface area (Å²) in [5.74, 6) is -3.50. The van der Waals surface area contributed by atoms with E-state index in [-0.39, 0.29) is 16.9 Å². The average Bonchev–Trinajstić information content (AvgIpc) is 2.81. The van der Waals surface area contributed by atoms with E-state index in [9.17, 15) is 22.8 Å². The summed E-state index contributed by atoms with van der Waals surface area (Å²) in [6.07, 6.45) is -2.51. The smallest absolute Gasteiger partial charge is 0.449 e. The molecule has 1 aromatic heterocycles. The second-order valence-corrected chi connectivity index (χ2v) is 8.41. The molecule has 4 aromatic rings. The molecule has 0 aliphatic heterocycles. The number of hydrogen-bond donors (Lipinski definition) is 0. The second kappa shape index (κ2) is 10.1. The van der Waals surface area contributed by atoms with Crippen LogP contribution in [0.3, 0.4) is 0 Å². The van der Waals surface area contributed by atoms with Crippen LogP contribution >= 0.6 is 23.2 Å². The SMILES string of the molecule is Cc1cccc(Oc2c(C(F)(F)F)oc3cc(OC(=O)/C=C/c4ccc(Cl)c(Cl)c4)ccc3c2=O)c1. The van der Waals surface area contributed by atoms with Crippen molar-refractivity contribution in [3.8, 4) is 17.2 Å². The van der Waals surface area contributed by atoms with Crippen LogP contribution < -0.4 is 14.9 Å². The minimum atomic E-state index is -5.03. The lowest BCUT2D eigenvalue weighted by molar-refractivity contribution is -0.154. The summed E-state index contributed by atoms with van der Waals surface area (Å²) in [4.78, 5) is 25.1. The van der Waals surface area contributed by atoms with Crippen LogP contribution in [-0.2, 0) is 11.0 Å². The van der Waals surface area contributed by atoms with E-state index < -0.39 is 34.7 Å². The van der Waals surface area contributed by atoms with Gasteiger partial charge in [-0.05, 0) is 60.5 Å². The maximum absolute atomic E-state index is 13.7. The van der Waals surface area contributed by atoms with Crippen LogP contribution in [0.5, 0.6) is 17.2 Å². The molecule has 4 rings (SSSR count). The average molecular weight is 535 g/mol. The molecule has 0 aliphatic rings. The Morgan fingerprint density at radius 3 is 2.44 bits per heavy atom. The zero-order valence-corrected chi connectivity index (χ0v) is 19.9. The number of esters is 1. The van der Waals surface area contributed by atoms with Crippen LogP contribution in [0.15, 0.2) is 76.0 Å². The van der Waals surface area contributed by atoms with E-state index in [0.29, 0.717) is 15.6 Å². The van der Waals surface area contributed by atoms with Gasteiger partial charge < -0.3 is 13.9 Å². The van der Waals surface area contributed by atoms with Gasteiger partial charge in [-0.25, -0.2) is 4.79 Å². The highest BCUT2D eigenvalue weighted by molar-refractivity contribution is 6.42. The first-order valence-corrected chi connectivity index (χ1v) is 11.0. The Morgan fingerprint density at radius 1 is 0.972 bits per heavy atom. The molecule has 5 nitrogen and oxygen atoms in total. The lowest BCUT2D eigenvalue weighted by Crippen LogP contribution is -2.15. The van der Waals surface area contributed by atoms with E-state index in [2.05, 4.69) is 0 Å². The van der Waals surface area contributed by atoms with E-state index in [1.165, 1.54) is 36.4 Å². The van der Waals surface area contributed by atoms with Crippen molar-refractivity contribution in [1.82, 2.24) is 0 Å². The van der Waals surface area contributed by atoms with Crippen molar-refractivity contribution in [2.75, 3.05) is 0 Å². The molecule has 0 atom stereocenters. The molecule has 0 amide bonds. The highest BCUT2D eigenvalue weighted by atomic mass is 35.5. The highest BCUT2D eigenvalue weighted by Gasteiger charge is 2.40. The van der Waals surface area contributed by atoms with Gasteiger partial charge in [-0.3, -0.25) is 4.79 Å². The Morgan fingerprint density at radius 2 is 1.75 bits per heavy atom. The highest BCUT2D eigenvalue weighted by Crippen LogP contribution is 2.38. The van der Waals surface area contributed by atoms with Gasteiger partial charge in [0.1, 0.15) is 17.1 Å². The van der Waals surface area contributed by atoms with E-state index >= 15 is 0 Å². The predicted octanol–water partition coefficient (Wildman–Crippen LogP) is 7.84. The third-order valence-electron chi connectivity index (χ3n) is 4.86. The maximum atomic E-state index is 13.7. The first-order chi connectivity index (χ1) is 17.0. The van der Waals surface area contributed by atoms with Crippen molar-refractivity contribution in [1.29, 1.82) is 0 Å². The fourth-order valence-corrected chi connectivity index (χ4v) is 3.53. The number of carbonyl (C=O) groups is 1. The molecule has 1 heterocycles. The number of carbonyl (C=O) groups excluding carboxylic acids is 1. The van der Waals surface area contributed by atoms with Gasteiger partial charge in [-0.15, -0.1) is 0 Å². The zero-order chi connectivity index (χ0) is 26.0. The minimum absolute atomic E-state index is 0.0477. The molecule has 0 bridgehead atoms. The molecule has 36 heavy (non-hydrogen) atoms. The van der Waals surface area contributed by atoms with Gasteiger partial charge >= 0.3 is 12.1 Å². The monoisotopic (exact) mass is 534 g/mol. The largest absolute Gasteiger partial charge is 0.453 e. The second-order valence-electron chi connectivity index (χ2n) is 7.59. The molecule has 0 N–H and O–H groups in total. The zero-order valence-electron chi connectivity index (χ0n) is 18.4. The van der Waals surface area contributed by atoms with Crippen molar-refractivity contribution in [2.45, 2.75) is 13.1 Å². The Balaban J connectivity index is 1.65. The molecule has 184 valence electrons. The number of ether oxygens (including phenoxy) is 2. The van der Waals surface area contributed by atoms with Crippen LogP contribution in [0.4, 0.5) is 13.2 Å². The molecule has 0 saturated heterocycles. The van der Waals surface area contributed by atoms with Gasteiger partial charge in [0.25, 0.3) is 5.76 Å². The Hall–Kier alpha value is -3.75. The van der Waals surface area contributed by atoms with Crippen molar-refractivity contribution < 1.29 is 31.9 Å². The summed E-state index contributed by atoms with van der Waals surface area (Å²) in [5, 5.41) is 0.458. The van der Waals surface area contributed by atoms with Gasteiger partial charge in [0.15, 0.2) is 0 Å². The summed E-state index contributed by atoms with van der Waals surface area (Å²) in [6.45, 7) is 1.73. The molecule has 0 unspecified atom stereocenters. The first kappa shape index (κ1) is 25.3. The summed E-state index contributed by atoms with van der Waals surface area (Å²) in [7, 11) is 0. The third kappa shape index (κ3) is 5.72. The van der Waals surface area contributed by atoms with Crippen molar-refractivity contribution in [3.63, 3.8) is 0 Å². The molecule has 0 spiro atoms. The number of halogens is 5. The number of aryl methyl sites for hydroxylation is 1. The van der Waals surface area contributed by atoms with Gasteiger partial charge in [0.05, 0.1) is 15.4 Å². The van der Waals surface area contributed by atoms with Gasteiger partial charge in [0.2, 0.25) is 11.2 Å². The number of rotatable bonds is 5. The van der Waals surface area contributed by atoms with Crippen LogP contribution in [0.25, 0.3) is 17.0 Å². The predicted molar refractivity (Wildman–Crippen MR) is 130 cm³/mol. The molecule has 3 aromatic carbocycles. The minimum Gasteiger partial charge on any atom is -0.449 e. The number of benzene rings is 3. The quantitative estimate of drug-likeness (QED) is 0.148. The first-order valence-electron chi connectivity index (χ1n) is 10.3. The number of hydrogen-bond acceptors (Lipinski definition) is 5. The van der Waals surface area contributed by atoms with E-state index in [0.717, 1.165) is 17.7 Å². The topological polar surface area (TPSA) is 65.7 Å². The van der Waals surface area contributed by atoms with Gasteiger partial charge in [0, 0.05) is 12.1 Å². The standard InChI is InChI=1S/C26H15Cl2F3O5/c1-14-3-2-4-16(11-14)35-24-23(33)18-8-7-17(13-21(18)36-25(24)26(29,30)31)34-22(32)10-6-15-5-9-19(27)20(28)12-15/h2-13H,1H3/b10-6+. The fourth-order valence-electron chi connectivity index (χ4n) is 3.23. The van der Waals surface area contributed by atoms with Crippen molar-refractivity contribution in [3.05, 3.63) is 104 Å². The summed E-state index contributed by atoms with van der Waals surface area (Å²) < 4.78 is 56.7. The lowest BCUT2D eigenvalue weighted by Gasteiger charge is -2.13. The maximum Gasteiger partial charge on any atom is 0.453 e. The molecule has 0 radical (unpaired) electrons. The molecule has 10 heteroatoms. The summed E-state index contributed by atoms with van der Waals surface area (Å²) in [6, 6.07) is 14.4. The number of fused-ring (bicyclic) bond motifs is 1. The Kier molecular flexibility index (Phi) is 7.10. The normalized spacial score (nSPS) is 11.7. The van der Waals surface area contributed by atoms with E-state index in [1.807, 2.05) is 0 Å². The lowest BCUT2D eigenvalue weighted by atomic mass is 10.2. The van der Waals surface area contributed by atoms with Crippen LogP contribution in [-0.4, -0.2) is 5.97 Å². The summed E-state index contributed by atoms with van der Waals surface area (Å²) >= 11 is 11.8. The third-order valence-corrected chi connectivity index (χ3v) is 5.60. The van der Waals surface area contributed by atoms with E-state index in [4.69, 9.17) is 37.1 Å². The van der Waals surface area contributed by atoms with Crippen LogP contribution in [0.1, 0.15) is 16.9 Å². The van der Waals surface area contributed by atoms with E-state index in [1.54, 1.807) is 31.2 Å². The molecular weight excluding hydrogens is 520 g/mol. The Bertz CT molecular complexity index is 1560. The van der Waals surface area contributed by atoms with Crippen LogP contribution in [0.2, 0.25) is 10.0 Å². The van der Waals surface area contributed by atoms with Gasteiger partial charge in [-0.1, -0.05) is 41.4 Å². The molecule has 0 aliphatic carbocycles. The van der Waals surface area contributed by atoms with Gasteiger partial charge in [-0.2, -0.15) is 13.2 Å². The fraction of sp³-hybridized carbons (Fsp3) is 0.0769. The molecular formula is C26H15Cl2F3O5. The van der Waals surface area contributed by atoms with Crippen LogP contribution in [0, 0.1) is 6.92 Å². The number of alkyl halides is 3. The molecule has 0 saturated carbocycles. The van der Waals surface area contributed by atoms with Crippen molar-refractivity contribution in [2.24, 2.45) is 0 Å². The molecule has 0 fully saturated rings. The summed E-state index contributed by atoms with van der Waals surface area (Å²) in [5.41, 5.74) is -0.155.